The van der Waals surface area contributed by atoms with Gasteiger partial charge in [-0.05, 0) is 6.07 Å². The van der Waals surface area contributed by atoms with Crippen molar-refractivity contribution in [2.45, 2.75) is 0 Å². The van der Waals surface area contributed by atoms with Crippen LogP contribution in [0.3, 0.4) is 0 Å². The molecule has 1 N–H and O–H groups in total. The predicted octanol–water partition coefficient (Wildman–Crippen LogP) is 5.53. The van der Waals surface area contributed by atoms with Crippen LogP contribution in [-0.4, -0.2) is 17.1 Å². The van der Waals surface area contributed by atoms with Gasteiger partial charge in [-0.1, -0.05) is 35.9 Å². The van der Waals surface area contributed by atoms with Crippen LogP contribution in [0.2, 0.25) is 5.02 Å². The Balaban J connectivity index is 2.07. The first kappa shape index (κ1) is 16.7. The molecule has 3 aromatic carbocycles. The number of aromatic hydroxyl groups is 1. The Morgan fingerprint density at radius 3 is 2.40 bits per heavy atom. The van der Waals surface area contributed by atoms with Crippen molar-refractivity contribution in [1.29, 1.82) is 0 Å². The van der Waals surface area contributed by atoms with E-state index >= 15 is 0 Å². The van der Waals surface area contributed by atoms with E-state index in [4.69, 9.17) is 16.3 Å². The van der Waals surface area contributed by atoms with Gasteiger partial charge < -0.3 is 9.84 Å². The molecule has 0 atom stereocenters. The number of non-ortho nitro benzene ring substituents is 1. The Labute approximate surface area is 147 Å². The van der Waals surface area contributed by atoms with Crippen molar-refractivity contribution in [3.63, 3.8) is 0 Å². The number of nitrogens with zero attached hydrogens (tertiary/aromatic N) is 3. The van der Waals surface area contributed by atoms with Gasteiger partial charge in [-0.2, -0.15) is 0 Å². The van der Waals surface area contributed by atoms with Crippen molar-refractivity contribution in [3.05, 3.63) is 63.7 Å². The number of nitro groups is 1. The van der Waals surface area contributed by atoms with Gasteiger partial charge in [0.15, 0.2) is 11.5 Å². The average Bonchev–Trinajstić information content (AvgIpc) is 2.62. The van der Waals surface area contributed by atoms with E-state index in [2.05, 4.69) is 10.2 Å². The molecule has 7 nitrogen and oxygen atoms in total. The molecule has 0 aliphatic carbocycles. The van der Waals surface area contributed by atoms with E-state index in [1.165, 1.54) is 25.3 Å². The molecule has 0 aromatic heterocycles. The fourth-order valence-corrected chi connectivity index (χ4v) is 2.57. The summed E-state index contributed by atoms with van der Waals surface area (Å²) in [6.45, 7) is 0. The first-order chi connectivity index (χ1) is 12.0. The highest BCUT2D eigenvalue weighted by Crippen LogP contribution is 2.41. The number of fused-ring (bicyclic) bond motifs is 1. The van der Waals surface area contributed by atoms with Crippen LogP contribution in [0.1, 0.15) is 0 Å². The summed E-state index contributed by atoms with van der Waals surface area (Å²) in [6, 6.07) is 12.6. The maximum atomic E-state index is 10.7. The zero-order valence-electron chi connectivity index (χ0n) is 13.0. The minimum atomic E-state index is -0.537. The van der Waals surface area contributed by atoms with Gasteiger partial charge in [-0.15, -0.1) is 10.2 Å². The molecule has 0 spiro atoms. The second-order valence-corrected chi connectivity index (χ2v) is 5.49. The van der Waals surface area contributed by atoms with E-state index in [-0.39, 0.29) is 22.2 Å². The normalized spacial score (nSPS) is 11.1. The van der Waals surface area contributed by atoms with Gasteiger partial charge in [0.1, 0.15) is 5.69 Å². The molecule has 0 heterocycles. The van der Waals surface area contributed by atoms with Gasteiger partial charge in [0.2, 0.25) is 0 Å². The molecule has 0 saturated heterocycles. The number of phenols is 1. The molecule has 0 unspecified atom stereocenters. The molecule has 0 aliphatic heterocycles. The first-order valence-electron chi connectivity index (χ1n) is 7.15. The number of nitro benzene ring substituents is 1. The molecular weight excluding hydrogens is 346 g/mol. The van der Waals surface area contributed by atoms with Gasteiger partial charge in [0.25, 0.3) is 5.69 Å². The topological polar surface area (TPSA) is 97.3 Å². The van der Waals surface area contributed by atoms with Crippen LogP contribution >= 0.6 is 11.6 Å². The molecule has 0 aliphatic rings. The van der Waals surface area contributed by atoms with Crippen LogP contribution in [0.25, 0.3) is 10.8 Å². The van der Waals surface area contributed by atoms with Gasteiger partial charge in [-0.3, -0.25) is 10.1 Å². The minimum Gasteiger partial charge on any atom is -0.504 e. The Morgan fingerprint density at radius 1 is 1.08 bits per heavy atom. The van der Waals surface area contributed by atoms with Crippen molar-refractivity contribution < 1.29 is 14.8 Å². The fraction of sp³-hybridized carbons (Fsp3) is 0.0588. The minimum absolute atomic E-state index is 0.0189. The second-order valence-electron chi connectivity index (χ2n) is 5.08. The number of halogens is 1. The van der Waals surface area contributed by atoms with Crippen LogP contribution in [0.15, 0.2) is 58.8 Å². The van der Waals surface area contributed by atoms with Crippen LogP contribution in [0, 0.1) is 10.1 Å². The summed E-state index contributed by atoms with van der Waals surface area (Å²) in [4.78, 5) is 10.2. The predicted molar refractivity (Wildman–Crippen MR) is 94.4 cm³/mol. The molecule has 3 aromatic rings. The number of methoxy groups -OCH3 is 1. The number of ether oxygens (including phenoxy) is 1. The van der Waals surface area contributed by atoms with E-state index in [1.54, 1.807) is 24.3 Å². The quantitative estimate of drug-likeness (QED) is 0.377. The highest BCUT2D eigenvalue weighted by Gasteiger charge is 2.12. The van der Waals surface area contributed by atoms with Crippen LogP contribution in [0.5, 0.6) is 11.5 Å². The number of rotatable bonds is 4. The molecule has 0 bridgehead atoms. The lowest BCUT2D eigenvalue weighted by atomic mass is 10.1. The van der Waals surface area contributed by atoms with Gasteiger partial charge in [-0.25, -0.2) is 0 Å². The van der Waals surface area contributed by atoms with Gasteiger partial charge in [0.05, 0.1) is 22.7 Å². The van der Waals surface area contributed by atoms with E-state index in [9.17, 15) is 15.2 Å². The lowest BCUT2D eigenvalue weighted by Crippen LogP contribution is -1.86. The van der Waals surface area contributed by atoms with Crippen molar-refractivity contribution >= 4 is 39.4 Å². The average molecular weight is 358 g/mol. The molecule has 8 heteroatoms. The van der Waals surface area contributed by atoms with Crippen LogP contribution in [0.4, 0.5) is 17.1 Å². The number of azo groups is 1. The SMILES string of the molecule is COc1cc(N=Nc2ccc([N+](=O)[O-])cc2Cl)c2ccccc2c1O. The van der Waals surface area contributed by atoms with E-state index in [1.807, 2.05) is 6.07 Å². The zero-order chi connectivity index (χ0) is 18.0. The highest BCUT2D eigenvalue weighted by atomic mass is 35.5. The number of hydrogen-bond acceptors (Lipinski definition) is 6. The summed E-state index contributed by atoms with van der Waals surface area (Å²) in [5, 5.41) is 30.6. The smallest absolute Gasteiger partial charge is 0.271 e. The molecule has 3 rings (SSSR count). The molecular formula is C17H12ClN3O4. The Hall–Kier alpha value is -3.19. The number of benzene rings is 3. The summed E-state index contributed by atoms with van der Waals surface area (Å²) < 4.78 is 5.16. The summed E-state index contributed by atoms with van der Waals surface area (Å²) in [6.07, 6.45) is 0. The van der Waals surface area contributed by atoms with Crippen molar-refractivity contribution in [1.82, 2.24) is 0 Å². The second kappa shape index (κ2) is 6.74. The number of hydrogen-bond donors (Lipinski definition) is 1. The largest absolute Gasteiger partial charge is 0.504 e. The van der Waals surface area contributed by atoms with Crippen LogP contribution in [-0.2, 0) is 0 Å². The zero-order valence-corrected chi connectivity index (χ0v) is 13.8. The summed E-state index contributed by atoms with van der Waals surface area (Å²) in [5.41, 5.74) is 0.642. The van der Waals surface area contributed by atoms with Gasteiger partial charge in [0, 0.05) is 29.0 Å². The lowest BCUT2D eigenvalue weighted by Gasteiger charge is -2.09. The Bertz CT molecular complexity index is 1000. The maximum absolute atomic E-state index is 10.7. The summed E-state index contributed by atoms with van der Waals surface area (Å²) >= 11 is 6.02. The Kier molecular flexibility index (Phi) is 4.49. The Morgan fingerprint density at radius 2 is 1.76 bits per heavy atom. The monoisotopic (exact) mass is 357 g/mol. The first-order valence-corrected chi connectivity index (χ1v) is 7.53. The third kappa shape index (κ3) is 3.22. The van der Waals surface area contributed by atoms with Crippen molar-refractivity contribution in [2.75, 3.05) is 7.11 Å². The summed E-state index contributed by atoms with van der Waals surface area (Å²) in [7, 11) is 1.44. The standard InChI is InChI=1S/C17H12ClN3O4/c1-25-16-9-15(11-4-2-3-5-12(11)17(16)22)20-19-14-7-6-10(21(23)24)8-13(14)18/h2-9,22H,1H3. The van der Waals surface area contributed by atoms with E-state index in [0.29, 0.717) is 22.1 Å². The summed E-state index contributed by atoms with van der Waals surface area (Å²) in [5.74, 6) is 0.285. The maximum Gasteiger partial charge on any atom is 0.271 e. The molecule has 126 valence electrons. The van der Waals surface area contributed by atoms with Gasteiger partial charge >= 0.3 is 0 Å². The van der Waals surface area contributed by atoms with Crippen molar-refractivity contribution in [2.24, 2.45) is 10.2 Å². The molecule has 0 fully saturated rings. The lowest BCUT2D eigenvalue weighted by molar-refractivity contribution is -0.384. The molecule has 0 saturated carbocycles. The third-order valence-electron chi connectivity index (χ3n) is 3.59. The van der Waals surface area contributed by atoms with Crippen molar-refractivity contribution in [3.8, 4) is 11.5 Å². The fourth-order valence-electron chi connectivity index (χ4n) is 2.35. The number of phenolic OH excluding ortho intramolecular Hbond substituents is 1. The highest BCUT2D eigenvalue weighted by molar-refractivity contribution is 6.33. The third-order valence-corrected chi connectivity index (χ3v) is 3.89. The van der Waals surface area contributed by atoms with E-state index in [0.717, 1.165) is 0 Å². The van der Waals surface area contributed by atoms with E-state index < -0.39 is 4.92 Å². The van der Waals surface area contributed by atoms with Crippen LogP contribution < -0.4 is 4.74 Å². The molecule has 0 amide bonds. The molecule has 25 heavy (non-hydrogen) atoms. The molecule has 0 radical (unpaired) electrons.